The molecule has 14 aromatic rings. The molecule has 108 heavy (non-hydrogen) atoms. The number of methoxy groups -OCH3 is 2. The maximum atomic E-state index is 13.5. The Hall–Kier alpha value is -8.45. The maximum absolute atomic E-state index is 13.5. The zero-order valence-electron chi connectivity index (χ0n) is 57.5. The number of pyridine rings is 6. The van der Waals surface area contributed by atoms with Crippen molar-refractivity contribution in [3.63, 3.8) is 0 Å². The Morgan fingerprint density at radius 2 is 0.861 bits per heavy atom. The molecule has 14 rings (SSSR count). The number of halogens is 5. The summed E-state index contributed by atoms with van der Waals surface area (Å²) in [5, 5.41) is 20.2. The van der Waals surface area contributed by atoms with Crippen LogP contribution in [-0.2, 0) is 47.2 Å². The van der Waals surface area contributed by atoms with Gasteiger partial charge in [0.2, 0.25) is 0 Å². The van der Waals surface area contributed by atoms with E-state index in [1.165, 1.54) is 31.2 Å². The van der Waals surface area contributed by atoms with Crippen LogP contribution in [0.25, 0.3) is 88.1 Å². The van der Waals surface area contributed by atoms with E-state index in [2.05, 4.69) is 97.3 Å². The van der Waals surface area contributed by atoms with Crippen LogP contribution in [0.1, 0.15) is 70.9 Å². The van der Waals surface area contributed by atoms with Gasteiger partial charge in [-0.3, -0.25) is 14.2 Å². The Balaban J connectivity index is 0.000000201. The first-order valence-corrected chi connectivity index (χ1v) is 43.0. The standard InChI is InChI=1S/C27H25N3O4S.C19H16ClN3O2S.C19H16IN3O2.C8H11BO4S.3CH4.Cl3OP/c1-4-35(32,33)21-7-5-6-19(13-21)23-16-30(15-18-8-10-20(34-3)11-9-18)27(31)25-24(23)22-12-17(2)14-28-26(22)29-25;1-3-26(24,25)13-6-4-5-12(8-13)15-10-21-18(20)17-16(15)14-7-11(2)9-22-19(14)23-17;1-11-7-14-16-15(20)10-23(9-12-3-5-13(25-2)6-4-12)19(24)17(16)22-18(14)21-8-11;1-2-14(12,13)8-5-3-4-7(6-8)9(10)11;;;;1-5(2,3)4/h5-14,16H,4,15H2,1-3H3,(H,28,29);4-10H,3H2,1-2H3,(H,22,23);3-8,10H,9H2,1-2H3,(H,21,22);3-6,10-11H,2H2,1H3;3*1H4;. The lowest BCUT2D eigenvalue weighted by molar-refractivity contribution is 0.414. The largest absolute Gasteiger partial charge is 0.497 e. The number of nitrogens with zero attached hydrogens (tertiary/aromatic N) is 6. The van der Waals surface area contributed by atoms with Crippen LogP contribution in [0.3, 0.4) is 0 Å². The minimum atomic E-state index is -3.39. The molecule has 0 saturated carbocycles. The molecule has 0 saturated heterocycles. The van der Waals surface area contributed by atoms with E-state index in [1.807, 2.05) is 106 Å². The lowest BCUT2D eigenvalue weighted by Crippen LogP contribution is -2.30. The molecule has 5 N–H and O–H groups in total. The van der Waals surface area contributed by atoms with Crippen LogP contribution in [0, 0.1) is 24.3 Å². The molecule has 5 aromatic carbocycles. The highest BCUT2D eigenvalue weighted by Gasteiger charge is 2.23. The summed E-state index contributed by atoms with van der Waals surface area (Å²) in [5.41, 5.74) is 11.9. The Morgan fingerprint density at radius 1 is 0.500 bits per heavy atom. The highest BCUT2D eigenvalue weighted by Crippen LogP contribution is 2.61. The molecule has 0 atom stereocenters. The van der Waals surface area contributed by atoms with Crippen molar-refractivity contribution in [2.45, 2.75) is 91.6 Å². The number of rotatable bonds is 15. The smallest absolute Gasteiger partial charge is 0.488 e. The average Bonchev–Trinajstić information content (AvgIpc) is 1.57. The first-order chi connectivity index (χ1) is 49.7. The SMILES string of the molecule is C.C.C.CCS(=O)(=O)c1cccc(-c2cn(Cc3ccc(OC)cc3)c(=O)c3[nH]c4ncc(C)cc4c23)c1.CCS(=O)(=O)c1cccc(-c2cnc(Cl)c3[nH]c4ncc(C)cc4c23)c1.CCS(=O)(=O)c1cccc(B(O)O)c1.COc1ccc(Cn2cc(I)c3c([nH]c4ncc(C)cc43)c2=O)cc1.O=P(Cl)(Cl)Cl. The van der Waals surface area contributed by atoms with E-state index < -0.39 is 41.8 Å². The zero-order chi connectivity index (χ0) is 76.0. The van der Waals surface area contributed by atoms with Crippen molar-refractivity contribution >= 4 is 181 Å². The third-order valence-electron chi connectivity index (χ3n) is 16.8. The summed E-state index contributed by atoms with van der Waals surface area (Å²) < 4.78 is 96.8. The van der Waals surface area contributed by atoms with E-state index >= 15 is 0 Å². The summed E-state index contributed by atoms with van der Waals surface area (Å²) in [5.74, 6) is 1.61. The molecule has 568 valence electrons. The third kappa shape index (κ3) is 20.1. The van der Waals surface area contributed by atoms with Crippen LogP contribution >= 0.6 is 73.1 Å². The van der Waals surface area contributed by atoms with Gasteiger partial charge in [0.15, 0.2) is 34.7 Å². The van der Waals surface area contributed by atoms with E-state index in [0.29, 0.717) is 45.3 Å². The van der Waals surface area contributed by atoms with Crippen molar-refractivity contribution in [2.75, 3.05) is 31.5 Å². The predicted octanol–water partition coefficient (Wildman–Crippen LogP) is 17.0. The summed E-state index contributed by atoms with van der Waals surface area (Å²) in [6, 6.07) is 40.8. The lowest BCUT2D eigenvalue weighted by Gasteiger charge is -2.13. The summed E-state index contributed by atoms with van der Waals surface area (Å²) in [4.78, 5) is 54.4. The molecule has 0 bridgehead atoms. The fraction of sp³-hybridized carbons (Fsp3) is 0.211. The molecule has 0 fully saturated rings. The molecule has 9 heterocycles. The molecule has 22 nitrogen and oxygen atoms in total. The van der Waals surface area contributed by atoms with Gasteiger partial charge in [0.05, 0.1) is 64.8 Å². The fourth-order valence-corrected chi connectivity index (χ4v) is 15.4. The second kappa shape index (κ2) is 36.4. The van der Waals surface area contributed by atoms with Gasteiger partial charge >= 0.3 is 12.3 Å². The number of nitrogens with one attached hydrogen (secondary N) is 3. The summed E-state index contributed by atoms with van der Waals surface area (Å²) in [7, 11) is -8.35. The van der Waals surface area contributed by atoms with E-state index in [-0.39, 0.29) is 65.9 Å². The lowest BCUT2D eigenvalue weighted by atomic mass is 9.80. The van der Waals surface area contributed by atoms with E-state index in [4.69, 9.17) is 31.1 Å². The highest BCUT2D eigenvalue weighted by molar-refractivity contribution is 14.1. The quantitative estimate of drug-likeness (QED) is 0.0275. The fourth-order valence-electron chi connectivity index (χ4n) is 11.5. The molecule has 0 spiro atoms. The van der Waals surface area contributed by atoms with E-state index in [0.717, 1.165) is 109 Å². The number of benzene rings is 5. The zero-order valence-corrected chi connectivity index (χ0v) is 66.0. The van der Waals surface area contributed by atoms with Crippen LogP contribution in [0.4, 0.5) is 0 Å². The van der Waals surface area contributed by atoms with Gasteiger partial charge in [0.25, 0.3) is 11.1 Å². The number of hydrogen-bond acceptors (Lipinski definition) is 17. The van der Waals surface area contributed by atoms with Gasteiger partial charge in [-0.1, -0.05) is 115 Å². The molecule has 0 unspecified atom stereocenters. The van der Waals surface area contributed by atoms with E-state index in [1.54, 1.807) is 98.4 Å². The van der Waals surface area contributed by atoms with Gasteiger partial charge in [-0.05, 0) is 200 Å². The van der Waals surface area contributed by atoms with Gasteiger partial charge in [-0.25, -0.2) is 45.2 Å². The Morgan fingerprint density at radius 3 is 1.27 bits per heavy atom. The number of aromatic nitrogens is 9. The number of aryl methyl sites for hydroxylation is 3. The molecule has 32 heteroatoms. The van der Waals surface area contributed by atoms with Crippen molar-refractivity contribution in [3.05, 3.63) is 234 Å². The maximum Gasteiger partial charge on any atom is 0.488 e. The number of ether oxygens (including phenoxy) is 2. The summed E-state index contributed by atoms with van der Waals surface area (Å²) >= 11 is 22.4. The molecule has 9 aromatic heterocycles. The molecular weight excluding hydrogens is 1650 g/mol. The van der Waals surface area contributed by atoms with Gasteiger partial charge in [-0.15, -0.1) is 0 Å². The van der Waals surface area contributed by atoms with Crippen LogP contribution in [0.15, 0.2) is 201 Å². The predicted molar refractivity (Wildman–Crippen MR) is 449 cm³/mol. The summed E-state index contributed by atoms with van der Waals surface area (Å²) in [6.45, 7) is 11.6. The Bertz CT molecular complexity index is 6150. The normalized spacial score (nSPS) is 11.4. The highest BCUT2D eigenvalue weighted by atomic mass is 127. The molecule has 0 radical (unpaired) electrons. The second-order valence-corrected chi connectivity index (χ2v) is 39.0. The molecule has 0 aliphatic rings. The van der Waals surface area contributed by atoms with Gasteiger partial charge in [-0.2, -0.15) is 0 Å². The molecular formula is C76H80BCl4IN9O13PS3. The first kappa shape index (κ1) is 86.8. The third-order valence-corrected chi connectivity index (χ3v) is 23.1. The minimum absolute atomic E-state index is 0. The first-order valence-electron chi connectivity index (χ1n) is 32.2. The number of fused-ring (bicyclic) bond motifs is 9. The number of sulfone groups is 3. The Kier molecular flexibility index (Phi) is 29.2. The number of H-pyrrole nitrogens is 3. The average molecular weight is 1730 g/mol. The van der Waals surface area contributed by atoms with Gasteiger partial charge < -0.3 is 43.6 Å². The van der Waals surface area contributed by atoms with Crippen LogP contribution in [0.5, 0.6) is 11.5 Å². The topological polar surface area (TPSA) is 321 Å². The van der Waals surface area contributed by atoms with Crippen LogP contribution in [-0.4, -0.2) is 118 Å². The second-order valence-electron chi connectivity index (χ2n) is 24.0. The van der Waals surface area contributed by atoms with Crippen molar-refractivity contribution in [1.29, 1.82) is 0 Å². The molecule has 0 aliphatic carbocycles. The van der Waals surface area contributed by atoms with Crippen molar-refractivity contribution < 1.29 is 49.3 Å². The molecule has 0 aliphatic heterocycles. The van der Waals surface area contributed by atoms with Crippen molar-refractivity contribution in [1.82, 2.24) is 44.0 Å². The molecule has 0 amide bonds. The Labute approximate surface area is 659 Å². The summed E-state index contributed by atoms with van der Waals surface area (Å²) in [6.07, 6.45) is 10.7. The van der Waals surface area contributed by atoms with E-state index in [9.17, 15) is 39.4 Å². The van der Waals surface area contributed by atoms with Crippen molar-refractivity contribution in [3.8, 4) is 33.8 Å². The van der Waals surface area contributed by atoms with Gasteiger partial charge in [0, 0.05) is 84.2 Å². The monoisotopic (exact) mass is 1730 g/mol. The van der Waals surface area contributed by atoms with Crippen LogP contribution in [0.2, 0.25) is 5.15 Å². The van der Waals surface area contributed by atoms with Crippen molar-refractivity contribution in [2.24, 2.45) is 0 Å². The van der Waals surface area contributed by atoms with Crippen LogP contribution < -0.4 is 26.1 Å². The number of aromatic amines is 3. The van der Waals surface area contributed by atoms with Gasteiger partial charge in [0.1, 0.15) is 39.5 Å². The minimum Gasteiger partial charge on any atom is -0.497 e. The number of hydrogen-bond donors (Lipinski definition) is 5.